The SMILES string of the molecule is Cc1nc(C2CCN(c3ccccc3)CC2)sc1CCl. The van der Waals surface area contributed by atoms with Crippen molar-refractivity contribution in [2.24, 2.45) is 0 Å². The number of aryl methyl sites for hydroxylation is 1. The van der Waals surface area contributed by atoms with Crippen LogP contribution in [0, 0.1) is 6.92 Å². The minimum Gasteiger partial charge on any atom is -0.371 e. The summed E-state index contributed by atoms with van der Waals surface area (Å²) in [6, 6.07) is 10.7. The van der Waals surface area contributed by atoms with Gasteiger partial charge in [-0.05, 0) is 31.9 Å². The van der Waals surface area contributed by atoms with E-state index in [2.05, 4.69) is 42.2 Å². The zero-order valence-corrected chi connectivity index (χ0v) is 13.3. The van der Waals surface area contributed by atoms with Crippen LogP contribution in [0.25, 0.3) is 0 Å². The Morgan fingerprint density at radius 3 is 2.55 bits per heavy atom. The number of anilines is 1. The maximum Gasteiger partial charge on any atom is 0.0963 e. The quantitative estimate of drug-likeness (QED) is 0.772. The molecule has 20 heavy (non-hydrogen) atoms. The highest BCUT2D eigenvalue weighted by Crippen LogP contribution is 2.34. The molecular weight excluding hydrogens is 288 g/mol. The third kappa shape index (κ3) is 2.84. The molecule has 0 amide bonds. The first-order chi connectivity index (χ1) is 9.78. The van der Waals surface area contributed by atoms with Crippen LogP contribution in [0.5, 0.6) is 0 Å². The lowest BCUT2D eigenvalue weighted by Gasteiger charge is -2.32. The molecule has 1 aromatic heterocycles. The Morgan fingerprint density at radius 1 is 1.25 bits per heavy atom. The highest BCUT2D eigenvalue weighted by Gasteiger charge is 2.23. The summed E-state index contributed by atoms with van der Waals surface area (Å²) < 4.78 is 0. The topological polar surface area (TPSA) is 16.1 Å². The van der Waals surface area contributed by atoms with E-state index >= 15 is 0 Å². The number of rotatable bonds is 3. The second kappa shape index (κ2) is 6.15. The minimum absolute atomic E-state index is 0.590. The van der Waals surface area contributed by atoms with Gasteiger partial charge >= 0.3 is 0 Å². The summed E-state index contributed by atoms with van der Waals surface area (Å²) in [4.78, 5) is 8.42. The van der Waals surface area contributed by atoms with Crippen LogP contribution >= 0.6 is 22.9 Å². The second-order valence-electron chi connectivity index (χ2n) is 5.29. The number of halogens is 1. The van der Waals surface area contributed by atoms with Gasteiger partial charge in [-0.15, -0.1) is 22.9 Å². The van der Waals surface area contributed by atoms with Crippen LogP contribution < -0.4 is 4.90 Å². The number of thiazole rings is 1. The molecule has 106 valence electrons. The van der Waals surface area contributed by atoms with Gasteiger partial charge in [-0.2, -0.15) is 0 Å². The maximum atomic E-state index is 5.95. The number of hydrogen-bond acceptors (Lipinski definition) is 3. The van der Waals surface area contributed by atoms with Gasteiger partial charge in [-0.25, -0.2) is 4.98 Å². The summed E-state index contributed by atoms with van der Waals surface area (Å²) in [5, 5.41) is 1.28. The number of alkyl halides is 1. The first kappa shape index (κ1) is 13.9. The Morgan fingerprint density at radius 2 is 1.95 bits per heavy atom. The predicted molar refractivity (Wildman–Crippen MR) is 87.0 cm³/mol. The highest BCUT2D eigenvalue weighted by atomic mass is 35.5. The van der Waals surface area contributed by atoms with Crippen molar-refractivity contribution in [3.8, 4) is 0 Å². The van der Waals surface area contributed by atoms with Gasteiger partial charge in [-0.1, -0.05) is 18.2 Å². The summed E-state index contributed by atoms with van der Waals surface area (Å²) in [6.45, 7) is 4.30. The molecule has 0 bridgehead atoms. The van der Waals surface area contributed by atoms with Crippen LogP contribution in [0.3, 0.4) is 0 Å². The van der Waals surface area contributed by atoms with Crippen molar-refractivity contribution in [1.29, 1.82) is 0 Å². The Labute approximate surface area is 129 Å². The van der Waals surface area contributed by atoms with E-state index in [1.807, 2.05) is 0 Å². The molecule has 0 unspecified atom stereocenters. The number of piperidine rings is 1. The fraction of sp³-hybridized carbons (Fsp3) is 0.438. The van der Waals surface area contributed by atoms with E-state index in [0.717, 1.165) is 18.8 Å². The number of aromatic nitrogens is 1. The summed E-state index contributed by atoms with van der Waals surface area (Å²) >= 11 is 7.75. The lowest BCUT2D eigenvalue weighted by atomic mass is 9.97. The number of hydrogen-bond donors (Lipinski definition) is 0. The molecule has 1 aliphatic rings. The fourth-order valence-electron chi connectivity index (χ4n) is 2.77. The molecule has 0 aliphatic carbocycles. The smallest absolute Gasteiger partial charge is 0.0963 e. The van der Waals surface area contributed by atoms with Gasteiger partial charge in [0.2, 0.25) is 0 Å². The third-order valence-corrected chi connectivity index (χ3v) is 5.74. The molecule has 2 heterocycles. The van der Waals surface area contributed by atoms with Crippen LogP contribution in [0.1, 0.15) is 34.3 Å². The lowest BCUT2D eigenvalue weighted by Crippen LogP contribution is -2.32. The van der Waals surface area contributed by atoms with Gasteiger partial charge in [0.25, 0.3) is 0 Å². The van der Waals surface area contributed by atoms with E-state index in [-0.39, 0.29) is 0 Å². The molecule has 2 nitrogen and oxygen atoms in total. The van der Waals surface area contributed by atoms with Crippen LogP contribution in [0.2, 0.25) is 0 Å². The standard InChI is InChI=1S/C16H19ClN2S/c1-12-15(11-17)20-16(18-12)13-7-9-19(10-8-13)14-5-3-2-4-6-14/h2-6,13H,7-11H2,1H3. The number of benzene rings is 1. The Balaban J connectivity index is 1.66. The Kier molecular flexibility index (Phi) is 4.27. The van der Waals surface area contributed by atoms with Gasteiger partial charge in [-0.3, -0.25) is 0 Å². The van der Waals surface area contributed by atoms with Crippen LogP contribution in [-0.2, 0) is 5.88 Å². The summed E-state index contributed by atoms with van der Waals surface area (Å²) in [5.41, 5.74) is 2.45. The largest absolute Gasteiger partial charge is 0.371 e. The van der Waals surface area contributed by atoms with E-state index in [9.17, 15) is 0 Å². The first-order valence-electron chi connectivity index (χ1n) is 7.10. The molecule has 4 heteroatoms. The summed E-state index contributed by atoms with van der Waals surface area (Å²) in [7, 11) is 0. The molecule has 0 atom stereocenters. The van der Waals surface area contributed by atoms with Gasteiger partial charge < -0.3 is 4.90 Å². The number of para-hydroxylation sites is 1. The average Bonchev–Trinajstić information content (AvgIpc) is 2.89. The van der Waals surface area contributed by atoms with Crippen LogP contribution in [0.15, 0.2) is 30.3 Å². The van der Waals surface area contributed by atoms with E-state index in [0.29, 0.717) is 11.8 Å². The van der Waals surface area contributed by atoms with Crippen molar-refractivity contribution in [2.75, 3.05) is 18.0 Å². The minimum atomic E-state index is 0.590. The molecule has 1 aliphatic heterocycles. The van der Waals surface area contributed by atoms with E-state index < -0.39 is 0 Å². The third-order valence-electron chi connectivity index (χ3n) is 4.00. The van der Waals surface area contributed by atoms with Gasteiger partial charge in [0, 0.05) is 29.6 Å². The molecule has 0 N–H and O–H groups in total. The predicted octanol–water partition coefficient (Wildman–Crippen LogP) is 4.57. The van der Waals surface area contributed by atoms with Gasteiger partial charge in [0.15, 0.2) is 0 Å². The lowest BCUT2D eigenvalue weighted by molar-refractivity contribution is 0.503. The van der Waals surface area contributed by atoms with Crippen LogP contribution in [0.4, 0.5) is 5.69 Å². The zero-order chi connectivity index (χ0) is 13.9. The summed E-state index contributed by atoms with van der Waals surface area (Å²) in [5.74, 6) is 1.20. The molecule has 1 aromatic carbocycles. The Hall–Kier alpha value is -1.06. The van der Waals surface area contributed by atoms with Crippen molar-refractivity contribution in [2.45, 2.75) is 31.6 Å². The molecule has 1 saturated heterocycles. The Bertz CT molecular complexity index is 559. The number of nitrogens with zero attached hydrogens (tertiary/aromatic N) is 2. The molecule has 0 spiro atoms. The highest BCUT2D eigenvalue weighted by molar-refractivity contribution is 7.12. The molecular formula is C16H19ClN2S. The van der Waals surface area contributed by atoms with Crippen LogP contribution in [-0.4, -0.2) is 18.1 Å². The van der Waals surface area contributed by atoms with Crippen molar-refractivity contribution in [3.05, 3.63) is 45.9 Å². The summed E-state index contributed by atoms with van der Waals surface area (Å²) in [6.07, 6.45) is 2.37. The molecule has 1 fully saturated rings. The molecule has 3 rings (SSSR count). The average molecular weight is 307 g/mol. The van der Waals surface area contributed by atoms with E-state index in [4.69, 9.17) is 16.6 Å². The van der Waals surface area contributed by atoms with Gasteiger partial charge in [0.05, 0.1) is 16.6 Å². The van der Waals surface area contributed by atoms with Crippen molar-refractivity contribution in [3.63, 3.8) is 0 Å². The molecule has 0 radical (unpaired) electrons. The van der Waals surface area contributed by atoms with Gasteiger partial charge in [0.1, 0.15) is 0 Å². The molecule has 2 aromatic rings. The zero-order valence-electron chi connectivity index (χ0n) is 11.7. The maximum absolute atomic E-state index is 5.95. The second-order valence-corrected chi connectivity index (χ2v) is 6.67. The fourth-order valence-corrected chi connectivity index (χ4v) is 4.21. The normalized spacial score (nSPS) is 16.6. The van der Waals surface area contributed by atoms with E-state index in [1.165, 1.54) is 28.4 Å². The van der Waals surface area contributed by atoms with Crippen molar-refractivity contribution >= 4 is 28.6 Å². The molecule has 0 saturated carbocycles. The first-order valence-corrected chi connectivity index (χ1v) is 8.45. The monoisotopic (exact) mass is 306 g/mol. The van der Waals surface area contributed by atoms with Crippen molar-refractivity contribution in [1.82, 2.24) is 4.98 Å². The van der Waals surface area contributed by atoms with Crippen molar-refractivity contribution < 1.29 is 0 Å². The van der Waals surface area contributed by atoms with E-state index in [1.54, 1.807) is 11.3 Å².